The number of ether oxygens (including phenoxy) is 1. The van der Waals surface area contributed by atoms with Crippen LogP contribution in [0.3, 0.4) is 0 Å². The molecule has 1 heterocycles. The van der Waals surface area contributed by atoms with E-state index in [9.17, 15) is 13.9 Å². The van der Waals surface area contributed by atoms with Crippen molar-refractivity contribution in [2.24, 2.45) is 0 Å². The highest BCUT2D eigenvalue weighted by atomic mass is 32.2. The molecule has 0 aromatic heterocycles. The highest BCUT2D eigenvalue weighted by Gasteiger charge is 2.29. The van der Waals surface area contributed by atoms with Crippen LogP contribution in [0.25, 0.3) is 0 Å². The lowest BCUT2D eigenvalue weighted by Crippen LogP contribution is -2.09. The second kappa shape index (κ2) is 6.10. The minimum absolute atomic E-state index is 0.146. The smallest absolute Gasteiger partial charge is 0.163 e. The minimum Gasteiger partial charge on any atom is -0.489 e. The van der Waals surface area contributed by atoms with Crippen molar-refractivity contribution in [2.75, 3.05) is 6.61 Å². The molecule has 1 aliphatic rings. The fourth-order valence-corrected chi connectivity index (χ4v) is 3.62. The molecular weight excluding hydrogens is 306 g/mol. The van der Waals surface area contributed by atoms with Crippen molar-refractivity contribution in [3.8, 4) is 5.75 Å². The van der Waals surface area contributed by atoms with Gasteiger partial charge in [-0.05, 0) is 11.6 Å². The first-order valence-corrected chi connectivity index (χ1v) is 7.76. The van der Waals surface area contributed by atoms with Crippen LogP contribution < -0.4 is 4.74 Å². The molecule has 1 N–H and O–H groups in total. The molecule has 0 amide bonds. The third kappa shape index (κ3) is 2.51. The van der Waals surface area contributed by atoms with Crippen LogP contribution in [0.15, 0.2) is 47.9 Å². The summed E-state index contributed by atoms with van der Waals surface area (Å²) in [6, 6.07) is 8.27. The van der Waals surface area contributed by atoms with Crippen LogP contribution in [0.2, 0.25) is 0 Å². The van der Waals surface area contributed by atoms with Gasteiger partial charge in [0.2, 0.25) is 0 Å². The monoisotopic (exact) mass is 320 g/mol. The van der Waals surface area contributed by atoms with Crippen LogP contribution in [0, 0.1) is 11.6 Å². The summed E-state index contributed by atoms with van der Waals surface area (Å²) in [5, 5.41) is 10.7. The normalized spacial score (nSPS) is 16.4. The van der Waals surface area contributed by atoms with E-state index in [2.05, 4.69) is 6.58 Å². The quantitative estimate of drug-likeness (QED) is 0.859. The van der Waals surface area contributed by atoms with Crippen molar-refractivity contribution >= 4 is 11.8 Å². The van der Waals surface area contributed by atoms with Gasteiger partial charge in [-0.2, -0.15) is 0 Å². The van der Waals surface area contributed by atoms with Crippen LogP contribution in [0.4, 0.5) is 8.78 Å². The average Bonchev–Trinajstić information content (AvgIpc) is 2.68. The van der Waals surface area contributed by atoms with E-state index in [-0.39, 0.29) is 23.7 Å². The number of fused-ring (bicyclic) bond motifs is 2. The Labute approximate surface area is 131 Å². The molecule has 2 aromatic rings. The lowest BCUT2D eigenvalue weighted by molar-refractivity contribution is 0.208. The molecule has 3 rings (SSSR count). The Bertz CT molecular complexity index is 731. The molecule has 0 fully saturated rings. The van der Waals surface area contributed by atoms with Gasteiger partial charge in [0.15, 0.2) is 11.6 Å². The lowest BCUT2D eigenvalue weighted by atomic mass is 9.96. The first-order chi connectivity index (χ1) is 10.6. The van der Waals surface area contributed by atoms with Crippen LogP contribution in [-0.2, 0) is 5.75 Å². The molecule has 5 heteroatoms. The summed E-state index contributed by atoms with van der Waals surface area (Å²) < 4.78 is 33.4. The Morgan fingerprint density at radius 3 is 2.91 bits per heavy atom. The minimum atomic E-state index is -1.06. The zero-order valence-electron chi connectivity index (χ0n) is 11.7. The summed E-state index contributed by atoms with van der Waals surface area (Å²) in [5.41, 5.74) is 1.10. The van der Waals surface area contributed by atoms with Gasteiger partial charge < -0.3 is 9.84 Å². The Hall–Kier alpha value is -1.85. The topological polar surface area (TPSA) is 29.5 Å². The van der Waals surface area contributed by atoms with Crippen molar-refractivity contribution in [2.45, 2.75) is 16.8 Å². The van der Waals surface area contributed by atoms with Gasteiger partial charge in [0.1, 0.15) is 18.5 Å². The second-order valence-electron chi connectivity index (χ2n) is 4.89. The van der Waals surface area contributed by atoms with Crippen molar-refractivity contribution in [1.82, 2.24) is 0 Å². The van der Waals surface area contributed by atoms with Gasteiger partial charge >= 0.3 is 0 Å². The van der Waals surface area contributed by atoms with E-state index >= 15 is 0 Å². The third-order valence-corrected chi connectivity index (χ3v) is 4.65. The first kappa shape index (κ1) is 15.1. The standard InChI is InChI=1S/C17H14F2O2S/c1-2-7-21-13-8-12(18)16(19)11-9-22-14-6-4-3-5-10(14)17(20)15(11)13/h2-6,8,17,20H,1,7,9H2. The fraction of sp³-hybridized carbons (Fsp3) is 0.176. The maximum Gasteiger partial charge on any atom is 0.163 e. The number of aliphatic hydroxyl groups is 1. The Kier molecular flexibility index (Phi) is 4.18. The van der Waals surface area contributed by atoms with E-state index in [1.807, 2.05) is 12.1 Å². The summed E-state index contributed by atoms with van der Waals surface area (Å²) in [6.07, 6.45) is 0.454. The van der Waals surface area contributed by atoms with Crippen molar-refractivity contribution in [3.63, 3.8) is 0 Å². The van der Waals surface area contributed by atoms with Gasteiger partial charge in [-0.25, -0.2) is 8.78 Å². The maximum absolute atomic E-state index is 14.2. The van der Waals surface area contributed by atoms with Crippen LogP contribution in [0.1, 0.15) is 22.8 Å². The third-order valence-electron chi connectivity index (χ3n) is 3.54. The van der Waals surface area contributed by atoms with E-state index in [4.69, 9.17) is 4.74 Å². The molecule has 0 radical (unpaired) electrons. The summed E-state index contributed by atoms with van der Waals surface area (Å²) in [4.78, 5) is 0.848. The molecule has 0 bridgehead atoms. The summed E-state index contributed by atoms with van der Waals surface area (Å²) in [5.74, 6) is -1.52. The van der Waals surface area contributed by atoms with E-state index in [0.29, 0.717) is 11.1 Å². The van der Waals surface area contributed by atoms with Crippen LogP contribution in [0.5, 0.6) is 5.75 Å². The van der Waals surface area contributed by atoms with Crippen molar-refractivity contribution < 1.29 is 18.6 Å². The molecule has 1 atom stereocenters. The molecule has 22 heavy (non-hydrogen) atoms. The van der Waals surface area contributed by atoms with Gasteiger partial charge in [-0.3, -0.25) is 0 Å². The Balaban J connectivity index is 2.20. The largest absolute Gasteiger partial charge is 0.489 e. The SMILES string of the molecule is C=CCOc1cc(F)c(F)c2c1C(O)c1ccccc1SC2. The van der Waals surface area contributed by atoms with Crippen LogP contribution >= 0.6 is 11.8 Å². The van der Waals surface area contributed by atoms with Crippen LogP contribution in [-0.4, -0.2) is 11.7 Å². The van der Waals surface area contributed by atoms with E-state index < -0.39 is 17.7 Å². The lowest BCUT2D eigenvalue weighted by Gasteiger charge is -2.19. The van der Waals surface area contributed by atoms with Gasteiger partial charge in [0.25, 0.3) is 0 Å². The van der Waals surface area contributed by atoms with Gasteiger partial charge in [-0.15, -0.1) is 11.8 Å². The zero-order chi connectivity index (χ0) is 15.7. The van der Waals surface area contributed by atoms with E-state index in [1.54, 1.807) is 12.1 Å². The fourth-order valence-electron chi connectivity index (χ4n) is 2.52. The summed E-state index contributed by atoms with van der Waals surface area (Å²) in [6.45, 7) is 3.69. The molecule has 0 aliphatic carbocycles. The Morgan fingerprint density at radius 1 is 1.36 bits per heavy atom. The summed E-state index contributed by atoms with van der Waals surface area (Å²) >= 11 is 1.37. The molecule has 1 aliphatic heterocycles. The van der Waals surface area contributed by atoms with E-state index in [1.165, 1.54) is 17.8 Å². The molecule has 1 unspecified atom stereocenters. The van der Waals surface area contributed by atoms with Gasteiger partial charge in [0, 0.05) is 27.8 Å². The Morgan fingerprint density at radius 2 is 2.14 bits per heavy atom. The maximum atomic E-state index is 14.2. The number of hydrogen-bond acceptors (Lipinski definition) is 3. The molecule has 114 valence electrons. The predicted molar refractivity (Wildman–Crippen MR) is 82.1 cm³/mol. The van der Waals surface area contributed by atoms with Gasteiger partial charge in [-0.1, -0.05) is 30.9 Å². The molecule has 0 saturated carbocycles. The average molecular weight is 320 g/mol. The number of hydrogen-bond donors (Lipinski definition) is 1. The molecule has 2 aromatic carbocycles. The predicted octanol–water partition coefficient (Wildman–Crippen LogP) is 4.22. The number of thioether (sulfide) groups is 1. The first-order valence-electron chi connectivity index (χ1n) is 6.77. The molecule has 0 saturated heterocycles. The summed E-state index contributed by atoms with van der Waals surface area (Å²) in [7, 11) is 0. The number of aliphatic hydroxyl groups excluding tert-OH is 1. The molecule has 0 spiro atoms. The van der Waals surface area contributed by atoms with Gasteiger partial charge in [0.05, 0.1) is 0 Å². The molecular formula is C17H14F2O2S. The second-order valence-corrected chi connectivity index (χ2v) is 5.91. The molecule has 2 nitrogen and oxygen atoms in total. The van der Waals surface area contributed by atoms with E-state index in [0.717, 1.165) is 11.0 Å². The van der Waals surface area contributed by atoms with Crippen molar-refractivity contribution in [1.29, 1.82) is 0 Å². The number of rotatable bonds is 3. The highest BCUT2D eigenvalue weighted by Crippen LogP contribution is 2.44. The number of benzene rings is 2. The van der Waals surface area contributed by atoms with Crippen molar-refractivity contribution in [3.05, 3.63) is 71.3 Å². The zero-order valence-corrected chi connectivity index (χ0v) is 12.5. The number of halogens is 2. The highest BCUT2D eigenvalue weighted by molar-refractivity contribution is 7.98.